The van der Waals surface area contributed by atoms with E-state index in [0.717, 1.165) is 38.6 Å². The highest BCUT2D eigenvalue weighted by atomic mass is 35.5. The van der Waals surface area contributed by atoms with E-state index >= 15 is 0 Å². The van der Waals surface area contributed by atoms with E-state index < -0.39 is 0 Å². The van der Waals surface area contributed by atoms with Gasteiger partial charge in [0, 0.05) is 33.4 Å². The standard InChI is InChI=1S/C25H18Cl2N2O/c26-17-7-5-6-16(12-17)14-29-23-11-4-2-8-19(23)21-13-18(15-30)28-24(25(21)29)20-9-1-3-10-22(20)27/h1-13,30H,14-15H2. The van der Waals surface area contributed by atoms with E-state index in [1.165, 1.54) is 0 Å². The van der Waals surface area contributed by atoms with E-state index in [2.05, 4.69) is 22.8 Å². The van der Waals surface area contributed by atoms with Crippen LogP contribution in [0.3, 0.4) is 0 Å². The molecule has 0 bridgehead atoms. The number of nitrogens with zero attached hydrogens (tertiary/aromatic N) is 2. The van der Waals surface area contributed by atoms with Crippen LogP contribution in [0.2, 0.25) is 10.0 Å². The highest BCUT2D eigenvalue weighted by Crippen LogP contribution is 2.38. The molecular weight excluding hydrogens is 415 g/mol. The minimum Gasteiger partial charge on any atom is -0.390 e. The Morgan fingerprint density at radius 3 is 2.43 bits per heavy atom. The van der Waals surface area contributed by atoms with Gasteiger partial charge in [-0.15, -0.1) is 0 Å². The smallest absolute Gasteiger partial charge is 0.0964 e. The largest absolute Gasteiger partial charge is 0.390 e. The van der Waals surface area contributed by atoms with Crippen LogP contribution in [-0.4, -0.2) is 14.7 Å². The molecule has 0 radical (unpaired) electrons. The number of pyridine rings is 1. The highest BCUT2D eigenvalue weighted by Gasteiger charge is 2.19. The number of halogens is 2. The van der Waals surface area contributed by atoms with Gasteiger partial charge in [-0.05, 0) is 35.9 Å². The average Bonchev–Trinajstić information content (AvgIpc) is 3.07. The number of aliphatic hydroxyl groups excluding tert-OH is 1. The zero-order chi connectivity index (χ0) is 20.7. The molecule has 5 heteroatoms. The maximum atomic E-state index is 9.87. The summed E-state index contributed by atoms with van der Waals surface area (Å²) >= 11 is 12.8. The van der Waals surface area contributed by atoms with E-state index in [9.17, 15) is 5.11 Å². The number of aromatic nitrogens is 2. The highest BCUT2D eigenvalue weighted by molar-refractivity contribution is 6.33. The van der Waals surface area contributed by atoms with Gasteiger partial charge < -0.3 is 9.67 Å². The van der Waals surface area contributed by atoms with Crippen molar-refractivity contribution in [1.82, 2.24) is 9.55 Å². The molecule has 5 rings (SSSR count). The van der Waals surface area contributed by atoms with Crippen LogP contribution in [-0.2, 0) is 13.2 Å². The second kappa shape index (κ2) is 7.77. The van der Waals surface area contributed by atoms with Crippen molar-refractivity contribution < 1.29 is 5.11 Å². The zero-order valence-corrected chi connectivity index (χ0v) is 17.5. The van der Waals surface area contributed by atoms with Gasteiger partial charge in [-0.25, -0.2) is 4.98 Å². The van der Waals surface area contributed by atoms with Gasteiger partial charge in [-0.1, -0.05) is 71.7 Å². The van der Waals surface area contributed by atoms with Crippen LogP contribution in [0.5, 0.6) is 0 Å². The van der Waals surface area contributed by atoms with Crippen molar-refractivity contribution in [2.45, 2.75) is 13.2 Å². The van der Waals surface area contributed by atoms with Crippen molar-refractivity contribution in [2.24, 2.45) is 0 Å². The Balaban J connectivity index is 1.89. The van der Waals surface area contributed by atoms with Crippen molar-refractivity contribution in [2.75, 3.05) is 0 Å². The lowest BCUT2D eigenvalue weighted by atomic mass is 10.1. The summed E-state index contributed by atoms with van der Waals surface area (Å²) < 4.78 is 2.25. The fourth-order valence-electron chi connectivity index (χ4n) is 4.03. The molecule has 0 amide bonds. The molecule has 0 aliphatic rings. The molecule has 0 atom stereocenters. The number of para-hydroxylation sites is 1. The maximum Gasteiger partial charge on any atom is 0.0964 e. The minimum absolute atomic E-state index is 0.138. The lowest BCUT2D eigenvalue weighted by molar-refractivity contribution is 0.277. The summed E-state index contributed by atoms with van der Waals surface area (Å²) in [7, 11) is 0. The van der Waals surface area contributed by atoms with Crippen LogP contribution < -0.4 is 0 Å². The molecule has 0 aliphatic carbocycles. The summed E-state index contributed by atoms with van der Waals surface area (Å²) in [5.41, 5.74) is 5.40. The Morgan fingerprint density at radius 1 is 0.833 bits per heavy atom. The molecule has 5 aromatic rings. The molecule has 3 nitrogen and oxygen atoms in total. The van der Waals surface area contributed by atoms with Gasteiger partial charge in [0.15, 0.2) is 0 Å². The predicted molar refractivity (Wildman–Crippen MR) is 124 cm³/mol. The minimum atomic E-state index is -0.138. The van der Waals surface area contributed by atoms with E-state index in [0.29, 0.717) is 22.3 Å². The van der Waals surface area contributed by atoms with Crippen molar-refractivity contribution in [3.63, 3.8) is 0 Å². The molecule has 3 aromatic carbocycles. The summed E-state index contributed by atoms with van der Waals surface area (Å²) in [5, 5.41) is 13.4. The lowest BCUT2D eigenvalue weighted by Gasteiger charge is -2.13. The molecule has 148 valence electrons. The van der Waals surface area contributed by atoms with Crippen LogP contribution in [0.15, 0.2) is 78.9 Å². The number of hydrogen-bond acceptors (Lipinski definition) is 2. The second-order valence-electron chi connectivity index (χ2n) is 7.23. The summed E-state index contributed by atoms with van der Waals surface area (Å²) in [6.45, 7) is 0.503. The third-order valence-corrected chi connectivity index (χ3v) is 5.89. The first-order chi connectivity index (χ1) is 14.7. The van der Waals surface area contributed by atoms with Crippen LogP contribution >= 0.6 is 23.2 Å². The van der Waals surface area contributed by atoms with Gasteiger partial charge in [-0.2, -0.15) is 0 Å². The predicted octanol–water partition coefficient (Wildman–Crippen LogP) is 6.70. The van der Waals surface area contributed by atoms with Gasteiger partial charge in [0.2, 0.25) is 0 Å². The van der Waals surface area contributed by atoms with Gasteiger partial charge in [0.05, 0.1) is 28.5 Å². The third kappa shape index (κ3) is 3.25. The SMILES string of the molecule is OCc1cc2c3ccccc3n(Cc3cccc(Cl)c3)c2c(-c2ccccc2Cl)n1. The number of hydrogen-bond donors (Lipinski definition) is 1. The van der Waals surface area contributed by atoms with Gasteiger partial charge in [-0.3, -0.25) is 0 Å². The fraction of sp³-hybridized carbons (Fsp3) is 0.0800. The van der Waals surface area contributed by atoms with E-state index in [4.69, 9.17) is 28.2 Å². The first kappa shape index (κ1) is 19.1. The van der Waals surface area contributed by atoms with E-state index in [1.807, 2.05) is 60.7 Å². The molecule has 0 aliphatic heterocycles. The molecule has 2 aromatic heterocycles. The third-order valence-electron chi connectivity index (χ3n) is 5.32. The van der Waals surface area contributed by atoms with Gasteiger partial charge in [0.25, 0.3) is 0 Å². The second-order valence-corrected chi connectivity index (χ2v) is 8.07. The van der Waals surface area contributed by atoms with Crippen LogP contribution in [0.4, 0.5) is 0 Å². The zero-order valence-electron chi connectivity index (χ0n) is 16.0. The number of fused-ring (bicyclic) bond motifs is 3. The van der Waals surface area contributed by atoms with Crippen molar-refractivity contribution in [3.05, 3.63) is 100 Å². The Labute approximate surface area is 184 Å². The Kier molecular flexibility index (Phi) is 4.95. The Bertz CT molecular complexity index is 1390. The van der Waals surface area contributed by atoms with Crippen molar-refractivity contribution in [1.29, 1.82) is 0 Å². The number of aliphatic hydroxyl groups is 1. The first-order valence-corrected chi connectivity index (χ1v) is 10.4. The summed E-state index contributed by atoms with van der Waals surface area (Å²) in [6, 6.07) is 25.8. The number of rotatable bonds is 4. The average molecular weight is 433 g/mol. The summed E-state index contributed by atoms with van der Waals surface area (Å²) in [6.07, 6.45) is 0. The van der Waals surface area contributed by atoms with Crippen LogP contribution in [0, 0.1) is 0 Å². The molecule has 0 saturated carbocycles. The molecule has 30 heavy (non-hydrogen) atoms. The van der Waals surface area contributed by atoms with E-state index in [-0.39, 0.29) is 6.61 Å². The van der Waals surface area contributed by atoms with Crippen molar-refractivity contribution >= 4 is 45.0 Å². The molecule has 0 unspecified atom stereocenters. The topological polar surface area (TPSA) is 38.0 Å². The summed E-state index contributed by atoms with van der Waals surface area (Å²) in [5.74, 6) is 0. The fourth-order valence-corrected chi connectivity index (χ4v) is 4.47. The van der Waals surface area contributed by atoms with Crippen LogP contribution in [0.25, 0.3) is 33.1 Å². The molecule has 2 heterocycles. The van der Waals surface area contributed by atoms with Crippen LogP contribution in [0.1, 0.15) is 11.3 Å². The Hall–Kier alpha value is -2.85. The lowest BCUT2D eigenvalue weighted by Crippen LogP contribution is -2.03. The maximum absolute atomic E-state index is 9.87. The molecular formula is C25H18Cl2N2O. The summed E-state index contributed by atoms with van der Waals surface area (Å²) in [4.78, 5) is 4.78. The normalized spacial score (nSPS) is 11.4. The monoisotopic (exact) mass is 432 g/mol. The van der Waals surface area contributed by atoms with Crippen molar-refractivity contribution in [3.8, 4) is 11.3 Å². The Morgan fingerprint density at radius 2 is 1.63 bits per heavy atom. The first-order valence-electron chi connectivity index (χ1n) is 9.67. The number of benzene rings is 3. The molecule has 0 fully saturated rings. The van der Waals surface area contributed by atoms with Gasteiger partial charge >= 0.3 is 0 Å². The molecule has 0 spiro atoms. The molecule has 0 saturated heterocycles. The molecule has 1 N–H and O–H groups in total. The van der Waals surface area contributed by atoms with Gasteiger partial charge in [0.1, 0.15) is 0 Å². The quantitative estimate of drug-likeness (QED) is 0.342. The van der Waals surface area contributed by atoms with E-state index in [1.54, 1.807) is 0 Å².